The predicted molar refractivity (Wildman–Crippen MR) is 79.4 cm³/mol. The van der Waals surface area contributed by atoms with Crippen molar-refractivity contribution >= 4 is 11.6 Å². The van der Waals surface area contributed by atoms with Crippen molar-refractivity contribution in [1.82, 2.24) is 5.43 Å². The van der Waals surface area contributed by atoms with Gasteiger partial charge in [0.1, 0.15) is 0 Å². The maximum Gasteiger partial charge on any atom is 0.0462 e. The molecule has 3 N–H and O–H groups in total. The van der Waals surface area contributed by atoms with Crippen molar-refractivity contribution in [3.8, 4) is 0 Å². The van der Waals surface area contributed by atoms with Crippen LogP contribution in [0.2, 0.25) is 5.02 Å². The van der Waals surface area contributed by atoms with Crippen LogP contribution in [0.3, 0.4) is 0 Å². The highest BCUT2D eigenvalue weighted by atomic mass is 35.5. The second-order valence-corrected chi connectivity index (χ2v) is 5.36. The molecule has 1 aromatic carbocycles. The number of hydrogen-bond acceptors (Lipinski definition) is 2. The minimum atomic E-state index is 0.226. The van der Waals surface area contributed by atoms with E-state index in [4.69, 9.17) is 17.4 Å². The molecule has 0 aromatic heterocycles. The van der Waals surface area contributed by atoms with E-state index < -0.39 is 0 Å². The number of nitrogens with one attached hydrogen (secondary N) is 1. The molecule has 0 saturated carbocycles. The van der Waals surface area contributed by atoms with E-state index in [-0.39, 0.29) is 6.04 Å². The van der Waals surface area contributed by atoms with Gasteiger partial charge in [0.05, 0.1) is 0 Å². The van der Waals surface area contributed by atoms with Crippen LogP contribution < -0.4 is 11.3 Å². The van der Waals surface area contributed by atoms with Gasteiger partial charge in [0.25, 0.3) is 0 Å². The molecular weight excluding hydrogens is 244 g/mol. The quantitative estimate of drug-likeness (QED) is 0.540. The Bertz CT molecular complexity index is 324. The van der Waals surface area contributed by atoms with Gasteiger partial charge in [-0.3, -0.25) is 11.3 Å². The van der Waals surface area contributed by atoms with Crippen molar-refractivity contribution in [1.29, 1.82) is 0 Å². The van der Waals surface area contributed by atoms with E-state index in [0.29, 0.717) is 0 Å². The molecule has 0 spiro atoms. The normalized spacial score (nSPS) is 14.4. The summed E-state index contributed by atoms with van der Waals surface area (Å²) in [5, 5.41) is 0.771. The summed E-state index contributed by atoms with van der Waals surface area (Å²) in [6.45, 7) is 4.50. The molecule has 2 atom stereocenters. The lowest BCUT2D eigenvalue weighted by Crippen LogP contribution is -2.29. The van der Waals surface area contributed by atoms with Gasteiger partial charge < -0.3 is 0 Å². The van der Waals surface area contributed by atoms with Crippen LogP contribution in [0, 0.1) is 5.92 Å². The van der Waals surface area contributed by atoms with Crippen molar-refractivity contribution in [2.24, 2.45) is 11.8 Å². The largest absolute Gasteiger partial charge is 0.271 e. The molecule has 0 heterocycles. The highest BCUT2D eigenvalue weighted by Crippen LogP contribution is 2.26. The van der Waals surface area contributed by atoms with Gasteiger partial charge in [-0.05, 0) is 30.0 Å². The zero-order valence-corrected chi connectivity index (χ0v) is 12.2. The van der Waals surface area contributed by atoms with E-state index in [1.807, 2.05) is 12.1 Å². The SMILES string of the molecule is CCCCC(CC)CC(NN)c1ccc(Cl)cc1. The summed E-state index contributed by atoms with van der Waals surface area (Å²) in [6.07, 6.45) is 6.16. The lowest BCUT2D eigenvalue weighted by molar-refractivity contribution is 0.356. The average molecular weight is 269 g/mol. The van der Waals surface area contributed by atoms with Gasteiger partial charge in [-0.2, -0.15) is 0 Å². The monoisotopic (exact) mass is 268 g/mol. The van der Waals surface area contributed by atoms with Crippen molar-refractivity contribution in [3.63, 3.8) is 0 Å². The summed E-state index contributed by atoms with van der Waals surface area (Å²) in [6, 6.07) is 8.19. The molecule has 3 heteroatoms. The van der Waals surface area contributed by atoms with Crippen molar-refractivity contribution in [2.45, 2.75) is 52.0 Å². The first-order valence-electron chi connectivity index (χ1n) is 6.92. The van der Waals surface area contributed by atoms with E-state index in [0.717, 1.165) is 17.4 Å². The Morgan fingerprint density at radius 3 is 2.39 bits per heavy atom. The van der Waals surface area contributed by atoms with Gasteiger partial charge in [-0.25, -0.2) is 0 Å². The Morgan fingerprint density at radius 1 is 1.22 bits per heavy atom. The third-order valence-electron chi connectivity index (χ3n) is 3.59. The molecule has 18 heavy (non-hydrogen) atoms. The lowest BCUT2D eigenvalue weighted by atomic mass is 9.89. The van der Waals surface area contributed by atoms with Crippen LogP contribution in [0.15, 0.2) is 24.3 Å². The van der Waals surface area contributed by atoms with Gasteiger partial charge >= 0.3 is 0 Å². The highest BCUT2D eigenvalue weighted by molar-refractivity contribution is 6.30. The Labute approximate surface area is 116 Å². The van der Waals surface area contributed by atoms with Crippen LogP contribution in [0.5, 0.6) is 0 Å². The number of hydrazine groups is 1. The second kappa shape index (κ2) is 8.52. The molecule has 102 valence electrons. The lowest BCUT2D eigenvalue weighted by Gasteiger charge is -2.22. The molecule has 1 aromatic rings. The molecule has 0 aliphatic carbocycles. The summed E-state index contributed by atoms with van der Waals surface area (Å²) in [5.74, 6) is 6.43. The maximum atomic E-state index is 5.91. The molecule has 0 aliphatic rings. The first kappa shape index (κ1) is 15.5. The summed E-state index contributed by atoms with van der Waals surface area (Å²) >= 11 is 5.91. The Kier molecular flexibility index (Phi) is 7.33. The molecule has 0 aliphatic heterocycles. The first-order valence-corrected chi connectivity index (χ1v) is 7.30. The Balaban J connectivity index is 2.62. The van der Waals surface area contributed by atoms with E-state index >= 15 is 0 Å². The summed E-state index contributed by atoms with van der Waals surface area (Å²) in [7, 11) is 0. The minimum Gasteiger partial charge on any atom is -0.271 e. The van der Waals surface area contributed by atoms with Crippen molar-refractivity contribution < 1.29 is 0 Å². The van der Waals surface area contributed by atoms with Crippen LogP contribution in [0.1, 0.15) is 57.6 Å². The average Bonchev–Trinajstić information content (AvgIpc) is 2.40. The number of benzene rings is 1. The van der Waals surface area contributed by atoms with E-state index in [9.17, 15) is 0 Å². The highest BCUT2D eigenvalue weighted by Gasteiger charge is 2.15. The number of hydrogen-bond donors (Lipinski definition) is 2. The third-order valence-corrected chi connectivity index (χ3v) is 3.84. The smallest absolute Gasteiger partial charge is 0.0462 e. The number of rotatable bonds is 8. The zero-order valence-electron chi connectivity index (χ0n) is 11.5. The van der Waals surface area contributed by atoms with E-state index in [2.05, 4.69) is 31.4 Å². The molecule has 1 rings (SSSR count). The van der Waals surface area contributed by atoms with Crippen LogP contribution in [-0.2, 0) is 0 Å². The summed E-state index contributed by atoms with van der Waals surface area (Å²) in [5.41, 5.74) is 4.16. The van der Waals surface area contributed by atoms with Gasteiger partial charge in [0, 0.05) is 11.1 Å². The standard InChI is InChI=1S/C15H25ClN2/c1-3-5-6-12(4-2)11-15(18-17)13-7-9-14(16)10-8-13/h7-10,12,15,18H,3-6,11,17H2,1-2H3. The van der Waals surface area contributed by atoms with Gasteiger partial charge in [0.15, 0.2) is 0 Å². The molecule has 0 saturated heterocycles. The number of halogens is 1. The first-order chi connectivity index (χ1) is 8.71. The van der Waals surface area contributed by atoms with Gasteiger partial charge in [-0.15, -0.1) is 0 Å². The number of nitrogens with two attached hydrogens (primary N) is 1. The van der Waals surface area contributed by atoms with Gasteiger partial charge in [0.2, 0.25) is 0 Å². The fourth-order valence-corrected chi connectivity index (χ4v) is 2.44. The fourth-order valence-electron chi connectivity index (χ4n) is 2.31. The molecule has 0 bridgehead atoms. The molecule has 2 nitrogen and oxygen atoms in total. The molecular formula is C15H25ClN2. The van der Waals surface area contributed by atoms with Crippen LogP contribution >= 0.6 is 11.6 Å². The van der Waals surface area contributed by atoms with Crippen LogP contribution in [0.25, 0.3) is 0 Å². The van der Waals surface area contributed by atoms with Crippen molar-refractivity contribution in [2.75, 3.05) is 0 Å². The fraction of sp³-hybridized carbons (Fsp3) is 0.600. The van der Waals surface area contributed by atoms with Crippen molar-refractivity contribution in [3.05, 3.63) is 34.9 Å². The summed E-state index contributed by atoms with van der Waals surface area (Å²) in [4.78, 5) is 0. The molecule has 0 radical (unpaired) electrons. The zero-order chi connectivity index (χ0) is 13.4. The molecule has 2 unspecified atom stereocenters. The third kappa shape index (κ3) is 4.97. The Hall–Kier alpha value is -0.570. The minimum absolute atomic E-state index is 0.226. The second-order valence-electron chi connectivity index (χ2n) is 4.92. The van der Waals surface area contributed by atoms with Crippen LogP contribution in [-0.4, -0.2) is 0 Å². The van der Waals surface area contributed by atoms with Gasteiger partial charge in [-0.1, -0.05) is 63.3 Å². The van der Waals surface area contributed by atoms with Crippen LogP contribution in [0.4, 0.5) is 0 Å². The Morgan fingerprint density at radius 2 is 1.89 bits per heavy atom. The molecule has 0 amide bonds. The number of unbranched alkanes of at least 4 members (excludes halogenated alkanes) is 1. The topological polar surface area (TPSA) is 38.0 Å². The maximum absolute atomic E-state index is 5.91. The van der Waals surface area contributed by atoms with E-state index in [1.165, 1.54) is 31.2 Å². The molecule has 0 fully saturated rings. The van der Waals surface area contributed by atoms with E-state index in [1.54, 1.807) is 0 Å². The predicted octanol–water partition coefficient (Wildman–Crippen LogP) is 4.45. The summed E-state index contributed by atoms with van der Waals surface area (Å²) < 4.78 is 0.